The lowest BCUT2D eigenvalue weighted by atomic mass is 10.0. The Morgan fingerprint density at radius 1 is 1.05 bits per heavy atom. The Hall–Kier alpha value is -2.04. The Morgan fingerprint density at radius 3 is 2.35 bits per heavy atom. The Balaban J connectivity index is 2.20. The van der Waals surface area contributed by atoms with Gasteiger partial charge in [0.2, 0.25) is 0 Å². The first-order valence-electron chi connectivity index (χ1n) is 6.36. The molecule has 106 valence electrons. The molecule has 20 heavy (non-hydrogen) atoms. The van der Waals surface area contributed by atoms with Gasteiger partial charge < -0.3 is 5.32 Å². The second-order valence-corrected chi connectivity index (χ2v) is 4.42. The topological polar surface area (TPSA) is 24.9 Å². The van der Waals surface area contributed by atoms with Crippen LogP contribution in [-0.2, 0) is 6.18 Å². The van der Waals surface area contributed by atoms with Crippen molar-refractivity contribution in [1.82, 2.24) is 4.98 Å². The van der Waals surface area contributed by atoms with E-state index in [1.165, 1.54) is 6.07 Å². The smallest absolute Gasteiger partial charge is 0.363 e. The van der Waals surface area contributed by atoms with E-state index in [4.69, 9.17) is 0 Å². The second-order valence-electron chi connectivity index (χ2n) is 4.42. The van der Waals surface area contributed by atoms with Gasteiger partial charge >= 0.3 is 6.18 Å². The number of pyridine rings is 1. The van der Waals surface area contributed by atoms with Crippen LogP contribution in [0.2, 0.25) is 0 Å². The molecule has 1 aromatic carbocycles. The van der Waals surface area contributed by atoms with Gasteiger partial charge in [-0.3, -0.25) is 0 Å². The molecule has 1 N–H and O–H groups in total. The monoisotopic (exact) mass is 280 g/mol. The maximum absolute atomic E-state index is 12.6. The van der Waals surface area contributed by atoms with Gasteiger partial charge in [0.15, 0.2) is 0 Å². The van der Waals surface area contributed by atoms with Gasteiger partial charge in [0.05, 0.1) is 6.04 Å². The summed E-state index contributed by atoms with van der Waals surface area (Å²) >= 11 is 0. The van der Waals surface area contributed by atoms with Crippen molar-refractivity contribution in [3.05, 3.63) is 59.8 Å². The molecule has 1 atom stereocenters. The zero-order valence-electron chi connectivity index (χ0n) is 11.0. The summed E-state index contributed by atoms with van der Waals surface area (Å²) in [4.78, 5) is 3.62. The summed E-state index contributed by atoms with van der Waals surface area (Å²) < 4.78 is 37.9. The van der Waals surface area contributed by atoms with Crippen LogP contribution in [0.4, 0.5) is 19.0 Å². The van der Waals surface area contributed by atoms with Crippen LogP contribution < -0.4 is 5.32 Å². The molecule has 0 aliphatic rings. The highest BCUT2D eigenvalue weighted by Gasteiger charge is 2.32. The highest BCUT2D eigenvalue weighted by molar-refractivity contribution is 5.39. The lowest BCUT2D eigenvalue weighted by molar-refractivity contribution is -0.141. The van der Waals surface area contributed by atoms with Gasteiger partial charge in [-0.25, -0.2) is 4.98 Å². The summed E-state index contributed by atoms with van der Waals surface area (Å²) in [6, 6.07) is 13.4. The number of alkyl halides is 3. The summed E-state index contributed by atoms with van der Waals surface area (Å²) in [6.45, 7) is 1.97. The first-order chi connectivity index (χ1) is 9.50. The van der Waals surface area contributed by atoms with Crippen molar-refractivity contribution >= 4 is 5.82 Å². The van der Waals surface area contributed by atoms with E-state index < -0.39 is 11.9 Å². The Bertz CT molecular complexity index is 553. The number of aromatic nitrogens is 1. The molecule has 1 heterocycles. The van der Waals surface area contributed by atoms with Crippen molar-refractivity contribution in [3.8, 4) is 0 Å². The zero-order valence-corrected chi connectivity index (χ0v) is 11.0. The first kappa shape index (κ1) is 14.4. The molecule has 2 aromatic rings. The molecular formula is C15H15F3N2. The molecule has 0 saturated heterocycles. The minimum Gasteiger partial charge on any atom is -0.363 e. The molecule has 0 fully saturated rings. The molecule has 0 bridgehead atoms. The molecule has 0 aliphatic carbocycles. The van der Waals surface area contributed by atoms with Crippen LogP contribution in [0, 0.1) is 0 Å². The Labute approximate surface area is 115 Å². The van der Waals surface area contributed by atoms with Crippen molar-refractivity contribution in [2.24, 2.45) is 0 Å². The third-order valence-corrected chi connectivity index (χ3v) is 2.97. The molecule has 0 saturated carbocycles. The lowest BCUT2D eigenvalue weighted by Crippen LogP contribution is -2.13. The van der Waals surface area contributed by atoms with Crippen LogP contribution in [-0.4, -0.2) is 4.98 Å². The van der Waals surface area contributed by atoms with Gasteiger partial charge in [0, 0.05) is 0 Å². The minimum atomic E-state index is -4.42. The zero-order chi connectivity index (χ0) is 14.6. The van der Waals surface area contributed by atoms with Crippen molar-refractivity contribution in [1.29, 1.82) is 0 Å². The molecule has 0 amide bonds. The SMILES string of the molecule is CCC(Nc1cccc(C(F)(F)F)n1)c1ccccc1. The summed E-state index contributed by atoms with van der Waals surface area (Å²) in [5.74, 6) is 0.232. The average Bonchev–Trinajstić information content (AvgIpc) is 2.45. The highest BCUT2D eigenvalue weighted by Crippen LogP contribution is 2.29. The van der Waals surface area contributed by atoms with Gasteiger partial charge in [-0.15, -0.1) is 0 Å². The van der Waals surface area contributed by atoms with E-state index in [1.807, 2.05) is 37.3 Å². The molecule has 0 spiro atoms. The van der Waals surface area contributed by atoms with E-state index in [1.54, 1.807) is 6.07 Å². The van der Waals surface area contributed by atoms with Crippen LogP contribution in [0.1, 0.15) is 30.6 Å². The maximum Gasteiger partial charge on any atom is 0.433 e. The van der Waals surface area contributed by atoms with E-state index in [0.717, 1.165) is 18.1 Å². The average molecular weight is 280 g/mol. The van der Waals surface area contributed by atoms with Crippen LogP contribution in [0.15, 0.2) is 48.5 Å². The normalized spacial score (nSPS) is 13.0. The van der Waals surface area contributed by atoms with E-state index in [2.05, 4.69) is 10.3 Å². The third kappa shape index (κ3) is 3.50. The minimum absolute atomic E-state index is 0.0628. The van der Waals surface area contributed by atoms with Crippen molar-refractivity contribution in [2.45, 2.75) is 25.6 Å². The number of nitrogens with zero attached hydrogens (tertiary/aromatic N) is 1. The number of rotatable bonds is 4. The molecule has 1 aromatic heterocycles. The van der Waals surface area contributed by atoms with Crippen LogP contribution in [0.5, 0.6) is 0 Å². The van der Waals surface area contributed by atoms with E-state index in [9.17, 15) is 13.2 Å². The van der Waals surface area contributed by atoms with Gasteiger partial charge in [0.25, 0.3) is 0 Å². The number of benzene rings is 1. The van der Waals surface area contributed by atoms with Crippen LogP contribution in [0.25, 0.3) is 0 Å². The van der Waals surface area contributed by atoms with E-state index >= 15 is 0 Å². The van der Waals surface area contributed by atoms with Gasteiger partial charge in [0.1, 0.15) is 11.5 Å². The molecule has 0 aliphatic heterocycles. The van der Waals surface area contributed by atoms with Crippen molar-refractivity contribution < 1.29 is 13.2 Å². The number of halogens is 3. The molecule has 1 unspecified atom stereocenters. The molecular weight excluding hydrogens is 265 g/mol. The molecule has 2 rings (SSSR count). The molecule has 0 radical (unpaired) electrons. The highest BCUT2D eigenvalue weighted by atomic mass is 19.4. The van der Waals surface area contributed by atoms with Crippen molar-refractivity contribution in [3.63, 3.8) is 0 Å². The van der Waals surface area contributed by atoms with Crippen LogP contribution >= 0.6 is 0 Å². The maximum atomic E-state index is 12.6. The lowest BCUT2D eigenvalue weighted by Gasteiger charge is -2.18. The summed E-state index contributed by atoms with van der Waals surface area (Å²) in [5.41, 5.74) is 0.139. The quantitative estimate of drug-likeness (QED) is 0.880. The number of hydrogen-bond donors (Lipinski definition) is 1. The van der Waals surface area contributed by atoms with Gasteiger partial charge in [-0.05, 0) is 24.1 Å². The third-order valence-electron chi connectivity index (χ3n) is 2.97. The van der Waals surface area contributed by atoms with E-state index in [0.29, 0.717) is 0 Å². The number of anilines is 1. The Kier molecular flexibility index (Phi) is 4.27. The number of hydrogen-bond acceptors (Lipinski definition) is 2. The Morgan fingerprint density at radius 2 is 1.75 bits per heavy atom. The fourth-order valence-corrected chi connectivity index (χ4v) is 1.96. The van der Waals surface area contributed by atoms with Gasteiger partial charge in [-0.2, -0.15) is 13.2 Å². The van der Waals surface area contributed by atoms with Crippen molar-refractivity contribution in [2.75, 3.05) is 5.32 Å². The largest absolute Gasteiger partial charge is 0.433 e. The summed E-state index contributed by atoms with van der Waals surface area (Å²) in [7, 11) is 0. The summed E-state index contributed by atoms with van der Waals surface area (Å²) in [5, 5.41) is 3.05. The van der Waals surface area contributed by atoms with E-state index in [-0.39, 0.29) is 11.9 Å². The fraction of sp³-hybridized carbons (Fsp3) is 0.267. The molecule has 2 nitrogen and oxygen atoms in total. The molecule has 5 heteroatoms. The van der Waals surface area contributed by atoms with Gasteiger partial charge in [-0.1, -0.05) is 43.3 Å². The predicted molar refractivity (Wildman–Crippen MR) is 72.3 cm³/mol. The fourth-order valence-electron chi connectivity index (χ4n) is 1.96. The standard InChI is InChI=1S/C15H15F3N2/c1-2-12(11-7-4-3-5-8-11)19-14-10-6-9-13(20-14)15(16,17)18/h3-10,12H,2H2,1H3,(H,19,20). The number of nitrogens with one attached hydrogen (secondary N) is 1. The second kappa shape index (κ2) is 5.94. The predicted octanol–water partition coefficient (Wildman–Crippen LogP) is 4.66. The summed E-state index contributed by atoms with van der Waals surface area (Å²) in [6.07, 6.45) is -3.67. The first-order valence-corrected chi connectivity index (χ1v) is 6.36. The van der Waals surface area contributed by atoms with Crippen LogP contribution in [0.3, 0.4) is 0 Å².